The fourth-order valence-electron chi connectivity index (χ4n) is 3.12. The summed E-state index contributed by atoms with van der Waals surface area (Å²) < 4.78 is 0. The van der Waals surface area contributed by atoms with Crippen LogP contribution in [0.15, 0.2) is 48.5 Å². The summed E-state index contributed by atoms with van der Waals surface area (Å²) >= 11 is 0. The second kappa shape index (κ2) is 6.75. The van der Waals surface area contributed by atoms with Gasteiger partial charge >= 0.3 is 0 Å². The first-order valence-corrected chi connectivity index (χ1v) is 7.90. The van der Waals surface area contributed by atoms with Crippen LogP contribution in [0.5, 0.6) is 0 Å². The van der Waals surface area contributed by atoms with Gasteiger partial charge in [0.15, 0.2) is 0 Å². The molecule has 0 saturated carbocycles. The molecule has 0 saturated heterocycles. The number of carbonyl (C=O) groups excluding carboxylic acids is 1. The average Bonchev–Trinajstić information content (AvgIpc) is 2.54. The van der Waals surface area contributed by atoms with E-state index < -0.39 is 0 Å². The molecular formula is C19H22N2O. The van der Waals surface area contributed by atoms with Gasteiger partial charge < -0.3 is 10.6 Å². The Bertz CT molecular complexity index is 649. The highest BCUT2D eigenvalue weighted by Gasteiger charge is 2.18. The van der Waals surface area contributed by atoms with Crippen molar-refractivity contribution in [2.45, 2.75) is 38.8 Å². The summed E-state index contributed by atoms with van der Waals surface area (Å²) in [6.45, 7) is 2.37. The van der Waals surface area contributed by atoms with Crippen molar-refractivity contribution in [1.82, 2.24) is 5.32 Å². The van der Waals surface area contributed by atoms with Crippen molar-refractivity contribution < 1.29 is 4.79 Å². The van der Waals surface area contributed by atoms with E-state index in [-0.39, 0.29) is 5.91 Å². The molecule has 3 nitrogen and oxygen atoms in total. The third-order valence-corrected chi connectivity index (χ3v) is 4.20. The lowest BCUT2D eigenvalue weighted by atomic mass is 9.87. The topological polar surface area (TPSA) is 41.1 Å². The molecule has 0 bridgehead atoms. The highest BCUT2D eigenvalue weighted by molar-refractivity contribution is 5.88. The number of amides is 1. The maximum atomic E-state index is 11.0. The Morgan fingerprint density at radius 1 is 1.14 bits per heavy atom. The quantitative estimate of drug-likeness (QED) is 0.900. The number of hydrogen-bond donors (Lipinski definition) is 2. The summed E-state index contributed by atoms with van der Waals surface area (Å²) in [5.41, 5.74) is 5.01. The fourth-order valence-corrected chi connectivity index (χ4v) is 3.12. The summed E-state index contributed by atoms with van der Waals surface area (Å²) in [5, 5.41) is 6.46. The van der Waals surface area contributed by atoms with E-state index in [1.54, 1.807) is 0 Å². The third-order valence-electron chi connectivity index (χ3n) is 4.20. The van der Waals surface area contributed by atoms with E-state index in [1.165, 1.54) is 42.9 Å². The van der Waals surface area contributed by atoms with E-state index in [4.69, 9.17) is 0 Å². The van der Waals surface area contributed by atoms with Crippen molar-refractivity contribution >= 4 is 11.6 Å². The van der Waals surface area contributed by atoms with Gasteiger partial charge in [-0.3, -0.25) is 4.79 Å². The van der Waals surface area contributed by atoms with E-state index in [0.29, 0.717) is 6.04 Å². The van der Waals surface area contributed by atoms with Crippen molar-refractivity contribution in [3.05, 3.63) is 65.2 Å². The summed E-state index contributed by atoms with van der Waals surface area (Å²) in [7, 11) is 0. The number of carbonyl (C=O) groups is 1. The molecule has 2 N–H and O–H groups in total. The molecule has 22 heavy (non-hydrogen) atoms. The molecule has 0 fully saturated rings. The standard InChI is InChI=1S/C19H22N2O/c1-14(22)21-17-11-9-15(10-12-17)13-20-19-8-4-6-16-5-2-3-7-18(16)19/h2-3,5,7,9-12,19-20H,4,6,8,13H2,1H3,(H,21,22). The minimum absolute atomic E-state index is 0.0373. The van der Waals surface area contributed by atoms with Crippen molar-refractivity contribution in [1.29, 1.82) is 0 Å². The molecular weight excluding hydrogens is 272 g/mol. The molecule has 0 aromatic heterocycles. The molecule has 1 amide bonds. The third kappa shape index (κ3) is 3.55. The van der Waals surface area contributed by atoms with Gasteiger partial charge in [0, 0.05) is 25.2 Å². The molecule has 1 unspecified atom stereocenters. The summed E-state index contributed by atoms with van der Waals surface area (Å²) in [5.74, 6) is -0.0373. The fraction of sp³-hybridized carbons (Fsp3) is 0.316. The summed E-state index contributed by atoms with van der Waals surface area (Å²) in [4.78, 5) is 11.0. The van der Waals surface area contributed by atoms with Crippen molar-refractivity contribution in [3.8, 4) is 0 Å². The number of fused-ring (bicyclic) bond motifs is 1. The average molecular weight is 294 g/mol. The molecule has 0 spiro atoms. The molecule has 0 radical (unpaired) electrons. The van der Waals surface area contributed by atoms with E-state index >= 15 is 0 Å². The Hall–Kier alpha value is -2.13. The van der Waals surface area contributed by atoms with Crippen LogP contribution in [0.1, 0.15) is 42.5 Å². The van der Waals surface area contributed by atoms with Crippen LogP contribution in [0.4, 0.5) is 5.69 Å². The number of nitrogens with one attached hydrogen (secondary N) is 2. The number of anilines is 1. The van der Waals surface area contributed by atoms with Crippen LogP contribution in [0, 0.1) is 0 Å². The number of hydrogen-bond acceptors (Lipinski definition) is 2. The number of benzene rings is 2. The monoisotopic (exact) mass is 294 g/mol. The van der Waals surface area contributed by atoms with Crippen molar-refractivity contribution in [3.63, 3.8) is 0 Å². The zero-order chi connectivity index (χ0) is 15.4. The van der Waals surface area contributed by atoms with Gasteiger partial charge in [0.1, 0.15) is 0 Å². The molecule has 2 aromatic rings. The SMILES string of the molecule is CC(=O)Nc1ccc(CNC2CCCc3ccccc32)cc1. The zero-order valence-electron chi connectivity index (χ0n) is 12.9. The smallest absolute Gasteiger partial charge is 0.221 e. The first-order chi connectivity index (χ1) is 10.7. The summed E-state index contributed by atoms with van der Waals surface area (Å²) in [6, 6.07) is 17.2. The second-order valence-electron chi connectivity index (χ2n) is 5.90. The molecule has 114 valence electrons. The van der Waals surface area contributed by atoms with Gasteiger partial charge in [0.05, 0.1) is 0 Å². The molecule has 1 aliphatic carbocycles. The van der Waals surface area contributed by atoms with Crippen LogP contribution in [-0.4, -0.2) is 5.91 Å². The lowest BCUT2D eigenvalue weighted by Gasteiger charge is -2.26. The molecule has 3 heteroatoms. The van der Waals surface area contributed by atoms with Crippen LogP contribution >= 0.6 is 0 Å². The van der Waals surface area contributed by atoms with Gasteiger partial charge in [-0.25, -0.2) is 0 Å². The van der Waals surface area contributed by atoms with Crippen LogP contribution in [0.25, 0.3) is 0 Å². The van der Waals surface area contributed by atoms with Crippen LogP contribution in [0.3, 0.4) is 0 Å². The Morgan fingerprint density at radius 3 is 2.68 bits per heavy atom. The Morgan fingerprint density at radius 2 is 1.91 bits per heavy atom. The van der Waals surface area contributed by atoms with E-state index in [1.807, 2.05) is 12.1 Å². The number of aryl methyl sites for hydroxylation is 1. The lowest BCUT2D eigenvalue weighted by Crippen LogP contribution is -2.24. The number of rotatable bonds is 4. The second-order valence-corrected chi connectivity index (χ2v) is 5.90. The largest absolute Gasteiger partial charge is 0.326 e. The van der Waals surface area contributed by atoms with Gasteiger partial charge in [0.25, 0.3) is 0 Å². The first-order valence-electron chi connectivity index (χ1n) is 7.90. The normalized spacial score (nSPS) is 16.9. The minimum atomic E-state index is -0.0373. The molecule has 0 heterocycles. The van der Waals surface area contributed by atoms with E-state index in [9.17, 15) is 4.79 Å². The molecule has 2 aromatic carbocycles. The van der Waals surface area contributed by atoms with Crippen molar-refractivity contribution in [2.24, 2.45) is 0 Å². The van der Waals surface area contributed by atoms with Crippen LogP contribution in [0.2, 0.25) is 0 Å². The first kappa shape index (κ1) is 14.8. The van der Waals surface area contributed by atoms with Gasteiger partial charge in [-0.2, -0.15) is 0 Å². The van der Waals surface area contributed by atoms with Gasteiger partial charge in [-0.15, -0.1) is 0 Å². The van der Waals surface area contributed by atoms with E-state index in [0.717, 1.165) is 12.2 Å². The van der Waals surface area contributed by atoms with Crippen LogP contribution < -0.4 is 10.6 Å². The molecule has 1 aliphatic rings. The maximum absolute atomic E-state index is 11.0. The highest BCUT2D eigenvalue weighted by atomic mass is 16.1. The predicted octanol–water partition coefficient (Wildman–Crippen LogP) is 3.81. The Labute approximate surface area is 131 Å². The zero-order valence-corrected chi connectivity index (χ0v) is 12.9. The van der Waals surface area contributed by atoms with E-state index in [2.05, 4.69) is 47.0 Å². The highest BCUT2D eigenvalue weighted by Crippen LogP contribution is 2.29. The maximum Gasteiger partial charge on any atom is 0.221 e. The molecule has 0 aliphatic heterocycles. The minimum Gasteiger partial charge on any atom is -0.326 e. The molecule has 3 rings (SSSR count). The van der Waals surface area contributed by atoms with Crippen LogP contribution in [-0.2, 0) is 17.8 Å². The van der Waals surface area contributed by atoms with Gasteiger partial charge in [0.2, 0.25) is 5.91 Å². The van der Waals surface area contributed by atoms with Gasteiger partial charge in [-0.05, 0) is 48.1 Å². The molecule has 1 atom stereocenters. The predicted molar refractivity (Wildman–Crippen MR) is 89.7 cm³/mol. The van der Waals surface area contributed by atoms with Gasteiger partial charge in [-0.1, -0.05) is 36.4 Å². The summed E-state index contributed by atoms with van der Waals surface area (Å²) in [6.07, 6.45) is 3.64. The Balaban J connectivity index is 1.62. The Kier molecular flexibility index (Phi) is 4.54. The lowest BCUT2D eigenvalue weighted by molar-refractivity contribution is -0.114. The van der Waals surface area contributed by atoms with Crippen molar-refractivity contribution in [2.75, 3.05) is 5.32 Å².